The van der Waals surface area contributed by atoms with E-state index in [1.165, 1.54) is 22.4 Å². The highest BCUT2D eigenvalue weighted by atomic mass is 16.2. The summed E-state index contributed by atoms with van der Waals surface area (Å²) < 4.78 is 0. The van der Waals surface area contributed by atoms with E-state index in [1.54, 1.807) is 6.92 Å². The van der Waals surface area contributed by atoms with Gasteiger partial charge in [-0.3, -0.25) is 4.79 Å². The number of anilines is 2. The molecule has 2 aromatic carbocycles. The lowest BCUT2D eigenvalue weighted by atomic mass is 9.91. The van der Waals surface area contributed by atoms with Gasteiger partial charge in [-0.2, -0.15) is 0 Å². The zero-order valence-electron chi connectivity index (χ0n) is 14.3. The van der Waals surface area contributed by atoms with Crippen LogP contribution in [-0.4, -0.2) is 11.9 Å². The number of fused-ring (bicyclic) bond motifs is 1. The number of aryl methyl sites for hydroxylation is 2. The van der Waals surface area contributed by atoms with E-state index in [0.717, 1.165) is 12.1 Å². The van der Waals surface area contributed by atoms with Gasteiger partial charge in [-0.05, 0) is 49.9 Å². The van der Waals surface area contributed by atoms with Crippen molar-refractivity contribution in [1.82, 2.24) is 0 Å². The normalized spacial score (nSPS) is 20.1. The Morgan fingerprint density at radius 2 is 1.74 bits per heavy atom. The van der Waals surface area contributed by atoms with Gasteiger partial charge in [0.2, 0.25) is 5.91 Å². The molecule has 2 atom stereocenters. The van der Waals surface area contributed by atoms with Crippen molar-refractivity contribution in [3.8, 4) is 0 Å². The van der Waals surface area contributed by atoms with E-state index in [-0.39, 0.29) is 18.0 Å². The molecule has 1 N–H and O–H groups in total. The maximum absolute atomic E-state index is 12.1. The molecule has 3 nitrogen and oxygen atoms in total. The molecule has 0 aromatic heterocycles. The van der Waals surface area contributed by atoms with Crippen molar-refractivity contribution in [3.63, 3.8) is 0 Å². The van der Waals surface area contributed by atoms with Gasteiger partial charge in [-0.1, -0.05) is 36.4 Å². The molecule has 0 fully saturated rings. The first kappa shape index (κ1) is 15.6. The van der Waals surface area contributed by atoms with E-state index < -0.39 is 0 Å². The second-order valence-corrected chi connectivity index (χ2v) is 6.50. The molecule has 0 aliphatic carbocycles. The van der Waals surface area contributed by atoms with Gasteiger partial charge in [-0.25, -0.2) is 0 Å². The average Bonchev–Trinajstić information content (AvgIpc) is 2.50. The number of hydrogen-bond donors (Lipinski definition) is 1. The third kappa shape index (κ3) is 2.83. The number of hydrogen-bond acceptors (Lipinski definition) is 2. The van der Waals surface area contributed by atoms with E-state index >= 15 is 0 Å². The number of amides is 1. The maximum atomic E-state index is 12.1. The van der Waals surface area contributed by atoms with Gasteiger partial charge in [0.25, 0.3) is 0 Å². The van der Waals surface area contributed by atoms with Gasteiger partial charge < -0.3 is 10.2 Å². The topological polar surface area (TPSA) is 32.3 Å². The zero-order chi connectivity index (χ0) is 16.6. The van der Waals surface area contributed by atoms with Crippen LogP contribution in [0.1, 0.15) is 43.0 Å². The Morgan fingerprint density at radius 3 is 2.39 bits per heavy atom. The quantitative estimate of drug-likeness (QED) is 0.879. The van der Waals surface area contributed by atoms with Gasteiger partial charge in [0.1, 0.15) is 0 Å². The Bertz CT molecular complexity index is 718. The van der Waals surface area contributed by atoms with E-state index in [4.69, 9.17) is 0 Å². The van der Waals surface area contributed by atoms with Crippen LogP contribution in [-0.2, 0) is 4.79 Å². The fourth-order valence-electron chi connectivity index (χ4n) is 3.65. The summed E-state index contributed by atoms with van der Waals surface area (Å²) in [6, 6.07) is 15.0. The van der Waals surface area contributed by atoms with Crippen molar-refractivity contribution in [1.29, 1.82) is 0 Å². The lowest BCUT2D eigenvalue weighted by molar-refractivity contribution is -0.117. The van der Waals surface area contributed by atoms with Gasteiger partial charge in [0.15, 0.2) is 0 Å². The van der Waals surface area contributed by atoms with Crippen molar-refractivity contribution >= 4 is 17.3 Å². The SMILES string of the molecule is CC(=O)N1c2ccccc2C(Nc2c(C)cccc2C)CC1C. The van der Waals surface area contributed by atoms with Crippen LogP contribution in [0.4, 0.5) is 11.4 Å². The summed E-state index contributed by atoms with van der Waals surface area (Å²) in [6.45, 7) is 8.04. The zero-order valence-corrected chi connectivity index (χ0v) is 14.3. The third-order valence-corrected chi connectivity index (χ3v) is 4.73. The molecule has 1 heterocycles. The first-order valence-corrected chi connectivity index (χ1v) is 8.20. The molecule has 120 valence electrons. The van der Waals surface area contributed by atoms with Crippen LogP contribution in [0.15, 0.2) is 42.5 Å². The molecule has 2 unspecified atom stereocenters. The van der Waals surface area contributed by atoms with E-state index in [9.17, 15) is 4.79 Å². The average molecular weight is 308 g/mol. The number of benzene rings is 2. The standard InChI is InChI=1S/C20H24N2O/c1-13-8-7-9-14(2)20(13)21-18-12-15(3)22(16(4)23)19-11-6-5-10-17(18)19/h5-11,15,18,21H,12H2,1-4H3. The molecule has 1 aliphatic heterocycles. The minimum Gasteiger partial charge on any atom is -0.378 e. The van der Waals surface area contributed by atoms with Crippen molar-refractivity contribution in [2.24, 2.45) is 0 Å². The van der Waals surface area contributed by atoms with Crippen LogP contribution in [0, 0.1) is 13.8 Å². The lowest BCUT2D eigenvalue weighted by Gasteiger charge is -2.39. The highest BCUT2D eigenvalue weighted by Gasteiger charge is 2.32. The molecule has 0 spiro atoms. The second-order valence-electron chi connectivity index (χ2n) is 6.50. The largest absolute Gasteiger partial charge is 0.378 e. The first-order valence-electron chi connectivity index (χ1n) is 8.20. The van der Waals surface area contributed by atoms with Crippen LogP contribution < -0.4 is 10.2 Å². The summed E-state index contributed by atoms with van der Waals surface area (Å²) in [5.74, 6) is 0.107. The summed E-state index contributed by atoms with van der Waals surface area (Å²) in [5, 5.41) is 3.73. The maximum Gasteiger partial charge on any atom is 0.224 e. The number of nitrogens with zero attached hydrogens (tertiary/aromatic N) is 1. The number of nitrogens with one attached hydrogen (secondary N) is 1. The second kappa shape index (κ2) is 6.07. The highest BCUT2D eigenvalue weighted by Crippen LogP contribution is 2.39. The fraction of sp³-hybridized carbons (Fsp3) is 0.350. The molecule has 1 aliphatic rings. The fourth-order valence-corrected chi connectivity index (χ4v) is 3.65. The Labute approximate surface area is 138 Å². The van der Waals surface area contributed by atoms with Crippen LogP contribution in [0.25, 0.3) is 0 Å². The molecule has 0 bridgehead atoms. The number of para-hydroxylation sites is 2. The summed E-state index contributed by atoms with van der Waals surface area (Å²) in [4.78, 5) is 14.0. The molecule has 0 saturated carbocycles. The summed E-state index contributed by atoms with van der Waals surface area (Å²) in [7, 11) is 0. The van der Waals surface area contributed by atoms with Crippen LogP contribution in [0.3, 0.4) is 0 Å². The molecular weight excluding hydrogens is 284 g/mol. The predicted molar refractivity (Wildman–Crippen MR) is 96.0 cm³/mol. The van der Waals surface area contributed by atoms with E-state index in [0.29, 0.717) is 0 Å². The summed E-state index contributed by atoms with van der Waals surface area (Å²) >= 11 is 0. The van der Waals surface area contributed by atoms with Gasteiger partial charge >= 0.3 is 0 Å². The van der Waals surface area contributed by atoms with Crippen molar-refractivity contribution in [2.45, 2.75) is 46.2 Å². The number of carbonyl (C=O) groups excluding carboxylic acids is 1. The predicted octanol–water partition coefficient (Wildman–Crippen LogP) is 4.60. The van der Waals surface area contributed by atoms with E-state index in [1.807, 2.05) is 23.1 Å². The summed E-state index contributed by atoms with van der Waals surface area (Å²) in [6.07, 6.45) is 0.907. The molecule has 0 saturated heterocycles. The molecule has 3 heteroatoms. The minimum absolute atomic E-state index is 0.107. The molecule has 0 radical (unpaired) electrons. The highest BCUT2D eigenvalue weighted by molar-refractivity contribution is 5.93. The van der Waals surface area contributed by atoms with Crippen LogP contribution in [0.2, 0.25) is 0 Å². The monoisotopic (exact) mass is 308 g/mol. The Hall–Kier alpha value is -2.29. The Kier molecular flexibility index (Phi) is 4.12. The van der Waals surface area contributed by atoms with Crippen LogP contribution in [0.5, 0.6) is 0 Å². The summed E-state index contributed by atoms with van der Waals surface area (Å²) in [5.41, 5.74) is 5.94. The minimum atomic E-state index is 0.107. The van der Waals surface area contributed by atoms with Gasteiger partial charge in [0, 0.05) is 24.3 Å². The molecule has 23 heavy (non-hydrogen) atoms. The van der Waals surface area contributed by atoms with Crippen molar-refractivity contribution in [2.75, 3.05) is 10.2 Å². The molecule has 2 aromatic rings. The molecule has 3 rings (SSSR count). The van der Waals surface area contributed by atoms with Gasteiger partial charge in [-0.15, -0.1) is 0 Å². The van der Waals surface area contributed by atoms with E-state index in [2.05, 4.69) is 50.4 Å². The lowest BCUT2D eigenvalue weighted by Crippen LogP contribution is -2.43. The number of carbonyl (C=O) groups is 1. The van der Waals surface area contributed by atoms with Crippen molar-refractivity contribution in [3.05, 3.63) is 59.2 Å². The molecular formula is C20H24N2O. The number of rotatable bonds is 2. The Balaban J connectivity index is 2.01. The smallest absolute Gasteiger partial charge is 0.224 e. The third-order valence-electron chi connectivity index (χ3n) is 4.73. The molecule has 1 amide bonds. The first-order chi connectivity index (χ1) is 11.0. The Morgan fingerprint density at radius 1 is 1.09 bits per heavy atom. The van der Waals surface area contributed by atoms with Crippen LogP contribution >= 0.6 is 0 Å². The van der Waals surface area contributed by atoms with Crippen molar-refractivity contribution < 1.29 is 4.79 Å². The van der Waals surface area contributed by atoms with Gasteiger partial charge in [0.05, 0.1) is 6.04 Å².